The van der Waals surface area contributed by atoms with Crippen molar-refractivity contribution >= 4 is 11.5 Å². The molecule has 1 fully saturated rings. The number of nitrogens with zero attached hydrogens (tertiary/aromatic N) is 2. The second-order valence-corrected chi connectivity index (χ2v) is 7.89. The van der Waals surface area contributed by atoms with Crippen LogP contribution in [0.3, 0.4) is 0 Å². The zero-order valence-corrected chi connectivity index (χ0v) is 17.4. The van der Waals surface area contributed by atoms with Gasteiger partial charge in [-0.2, -0.15) is 0 Å². The van der Waals surface area contributed by atoms with Gasteiger partial charge in [0, 0.05) is 44.0 Å². The molecule has 2 aromatic carbocycles. The molecule has 154 valence electrons. The van der Waals surface area contributed by atoms with E-state index in [1.165, 1.54) is 16.8 Å². The Morgan fingerprint density at radius 2 is 1.86 bits per heavy atom. The zero-order valence-electron chi connectivity index (χ0n) is 17.4. The van der Waals surface area contributed by atoms with E-state index in [1.54, 1.807) is 14.0 Å². The summed E-state index contributed by atoms with van der Waals surface area (Å²) in [4.78, 5) is 16.6. The normalized spacial score (nSPS) is 19.7. The second-order valence-electron chi connectivity index (χ2n) is 7.89. The van der Waals surface area contributed by atoms with E-state index in [2.05, 4.69) is 34.1 Å². The van der Waals surface area contributed by atoms with Gasteiger partial charge in [-0.15, -0.1) is 0 Å². The van der Waals surface area contributed by atoms with Gasteiger partial charge in [-0.1, -0.05) is 12.1 Å². The Labute approximate surface area is 173 Å². The first-order valence-corrected chi connectivity index (χ1v) is 10.5. The summed E-state index contributed by atoms with van der Waals surface area (Å²) >= 11 is 0. The largest absolute Gasteiger partial charge is 0.497 e. The summed E-state index contributed by atoms with van der Waals surface area (Å²) in [6.07, 6.45) is 2.03. The third kappa shape index (κ3) is 4.62. The van der Waals surface area contributed by atoms with Crippen LogP contribution in [-0.2, 0) is 11.2 Å². The Hall–Kier alpha value is -2.37. The van der Waals surface area contributed by atoms with Crippen molar-refractivity contribution in [2.24, 2.45) is 0 Å². The molecular weight excluding hydrogens is 364 g/mol. The molecule has 5 nitrogen and oxygen atoms in total. The van der Waals surface area contributed by atoms with Crippen LogP contribution in [0.2, 0.25) is 0 Å². The molecule has 4 rings (SSSR count). The van der Waals surface area contributed by atoms with Gasteiger partial charge in [-0.25, -0.2) is 0 Å². The number of methoxy groups -OCH3 is 1. The highest BCUT2D eigenvalue weighted by molar-refractivity contribution is 5.94. The number of ketones is 1. The number of piperazine rings is 1. The minimum Gasteiger partial charge on any atom is -0.497 e. The minimum absolute atomic E-state index is 0.130. The SMILES string of the molecule is COc1ccc(N2CCN(CCC3OCCc4cc(C(C)=O)ccc43)CC2)cc1. The molecule has 0 saturated carbocycles. The molecule has 0 radical (unpaired) electrons. The van der Waals surface area contributed by atoms with Gasteiger partial charge in [0.05, 0.1) is 19.8 Å². The van der Waals surface area contributed by atoms with Crippen molar-refractivity contribution in [2.45, 2.75) is 25.9 Å². The Kier molecular flexibility index (Phi) is 6.16. The van der Waals surface area contributed by atoms with Crippen molar-refractivity contribution in [3.63, 3.8) is 0 Å². The van der Waals surface area contributed by atoms with Crippen LogP contribution in [0, 0.1) is 0 Å². The van der Waals surface area contributed by atoms with Crippen LogP contribution in [0.15, 0.2) is 42.5 Å². The summed E-state index contributed by atoms with van der Waals surface area (Å²) in [6, 6.07) is 14.4. The number of fused-ring (bicyclic) bond motifs is 1. The topological polar surface area (TPSA) is 42.0 Å². The molecule has 1 unspecified atom stereocenters. The van der Waals surface area contributed by atoms with E-state index in [0.717, 1.165) is 63.5 Å². The number of ether oxygens (including phenoxy) is 2. The highest BCUT2D eigenvalue weighted by Gasteiger charge is 2.24. The summed E-state index contributed by atoms with van der Waals surface area (Å²) in [5, 5.41) is 0. The van der Waals surface area contributed by atoms with Gasteiger partial charge in [-0.05, 0) is 61.2 Å². The Morgan fingerprint density at radius 3 is 2.55 bits per heavy atom. The first kappa shape index (κ1) is 19.9. The number of hydrogen-bond acceptors (Lipinski definition) is 5. The van der Waals surface area contributed by atoms with Crippen molar-refractivity contribution in [3.8, 4) is 5.75 Å². The molecule has 0 spiro atoms. The van der Waals surface area contributed by atoms with Gasteiger partial charge in [0.1, 0.15) is 5.75 Å². The number of Topliss-reactive ketones (excluding diaryl/α,β-unsaturated/α-hetero) is 1. The molecule has 5 heteroatoms. The smallest absolute Gasteiger partial charge is 0.159 e. The van der Waals surface area contributed by atoms with Crippen LogP contribution in [0.1, 0.15) is 40.9 Å². The molecule has 0 aromatic heterocycles. The molecule has 1 atom stereocenters. The van der Waals surface area contributed by atoms with Crippen molar-refractivity contribution in [2.75, 3.05) is 51.3 Å². The summed E-state index contributed by atoms with van der Waals surface area (Å²) in [7, 11) is 1.70. The van der Waals surface area contributed by atoms with Gasteiger partial charge < -0.3 is 14.4 Å². The first-order chi connectivity index (χ1) is 14.1. The van der Waals surface area contributed by atoms with Crippen LogP contribution in [0.5, 0.6) is 5.75 Å². The van der Waals surface area contributed by atoms with Crippen molar-refractivity contribution in [1.29, 1.82) is 0 Å². The van der Waals surface area contributed by atoms with Gasteiger partial charge in [0.2, 0.25) is 0 Å². The van der Waals surface area contributed by atoms with E-state index < -0.39 is 0 Å². The van der Waals surface area contributed by atoms with Crippen LogP contribution in [0.25, 0.3) is 0 Å². The number of anilines is 1. The summed E-state index contributed by atoms with van der Waals surface area (Å²) in [5.74, 6) is 1.03. The molecule has 0 amide bonds. The standard InChI is InChI=1S/C24H30N2O3/c1-18(27)19-3-8-23-20(17-19)10-16-29-24(23)9-11-25-12-14-26(15-13-25)21-4-6-22(28-2)7-5-21/h3-8,17,24H,9-16H2,1-2H3. The maximum Gasteiger partial charge on any atom is 0.159 e. The molecule has 0 N–H and O–H groups in total. The van der Waals surface area contributed by atoms with Crippen LogP contribution < -0.4 is 9.64 Å². The Balaban J connectivity index is 1.30. The molecule has 2 heterocycles. The van der Waals surface area contributed by atoms with Crippen molar-refractivity contribution in [3.05, 3.63) is 59.2 Å². The fraction of sp³-hybridized carbons (Fsp3) is 0.458. The lowest BCUT2D eigenvalue weighted by molar-refractivity contribution is 0.0289. The molecule has 2 aliphatic heterocycles. The molecule has 1 saturated heterocycles. The predicted octanol–water partition coefficient (Wildman–Crippen LogP) is 3.72. The van der Waals surface area contributed by atoms with Gasteiger partial charge in [0.15, 0.2) is 5.78 Å². The fourth-order valence-corrected chi connectivity index (χ4v) is 4.32. The van der Waals surface area contributed by atoms with E-state index in [-0.39, 0.29) is 11.9 Å². The number of carbonyl (C=O) groups is 1. The fourth-order valence-electron chi connectivity index (χ4n) is 4.32. The monoisotopic (exact) mass is 394 g/mol. The molecular formula is C24H30N2O3. The predicted molar refractivity (Wildman–Crippen MR) is 115 cm³/mol. The van der Waals surface area contributed by atoms with Crippen molar-refractivity contribution in [1.82, 2.24) is 4.90 Å². The Morgan fingerprint density at radius 1 is 1.10 bits per heavy atom. The van der Waals surface area contributed by atoms with E-state index in [9.17, 15) is 4.79 Å². The van der Waals surface area contributed by atoms with Gasteiger partial charge >= 0.3 is 0 Å². The first-order valence-electron chi connectivity index (χ1n) is 10.5. The van der Waals surface area contributed by atoms with Crippen LogP contribution in [-0.4, -0.2) is 57.1 Å². The second kappa shape index (κ2) is 8.97. The zero-order chi connectivity index (χ0) is 20.2. The number of hydrogen-bond donors (Lipinski definition) is 0. The number of carbonyl (C=O) groups excluding carboxylic acids is 1. The average Bonchev–Trinajstić information content (AvgIpc) is 2.77. The summed E-state index contributed by atoms with van der Waals surface area (Å²) in [5.41, 5.74) is 4.60. The average molecular weight is 395 g/mol. The lowest BCUT2D eigenvalue weighted by Crippen LogP contribution is -2.46. The lowest BCUT2D eigenvalue weighted by atomic mass is 9.93. The molecule has 2 aliphatic rings. The van der Waals surface area contributed by atoms with Crippen LogP contribution in [0.4, 0.5) is 5.69 Å². The number of rotatable bonds is 6. The third-order valence-electron chi connectivity index (χ3n) is 6.10. The highest BCUT2D eigenvalue weighted by Crippen LogP contribution is 2.31. The van der Waals surface area contributed by atoms with Crippen molar-refractivity contribution < 1.29 is 14.3 Å². The van der Waals surface area contributed by atoms with E-state index in [4.69, 9.17) is 9.47 Å². The minimum atomic E-state index is 0.130. The Bertz CT molecular complexity index is 842. The molecule has 29 heavy (non-hydrogen) atoms. The number of benzene rings is 2. The lowest BCUT2D eigenvalue weighted by Gasteiger charge is -2.37. The maximum absolute atomic E-state index is 11.7. The van der Waals surface area contributed by atoms with Gasteiger partial charge in [-0.3, -0.25) is 9.69 Å². The molecule has 2 aromatic rings. The highest BCUT2D eigenvalue weighted by atomic mass is 16.5. The summed E-state index contributed by atoms with van der Waals surface area (Å²) < 4.78 is 11.3. The molecule has 0 bridgehead atoms. The van der Waals surface area contributed by atoms with E-state index >= 15 is 0 Å². The van der Waals surface area contributed by atoms with E-state index in [1.807, 2.05) is 18.2 Å². The summed E-state index contributed by atoms with van der Waals surface area (Å²) in [6.45, 7) is 7.61. The molecule has 0 aliphatic carbocycles. The van der Waals surface area contributed by atoms with E-state index in [0.29, 0.717) is 0 Å². The van der Waals surface area contributed by atoms with Gasteiger partial charge in [0.25, 0.3) is 0 Å². The maximum atomic E-state index is 11.7. The van der Waals surface area contributed by atoms with Crippen LogP contribution >= 0.6 is 0 Å². The third-order valence-corrected chi connectivity index (χ3v) is 6.10. The quantitative estimate of drug-likeness (QED) is 0.699.